The smallest absolute Gasteiger partial charge is 0.243 e. The normalized spacial score (nSPS) is 18.4. The Labute approximate surface area is 178 Å². The first-order chi connectivity index (χ1) is 14.4. The van der Waals surface area contributed by atoms with Gasteiger partial charge in [-0.2, -0.15) is 4.31 Å². The van der Waals surface area contributed by atoms with Gasteiger partial charge in [-0.1, -0.05) is 30.3 Å². The summed E-state index contributed by atoms with van der Waals surface area (Å²) in [4.78, 5) is 12.9. The van der Waals surface area contributed by atoms with Gasteiger partial charge in [0.15, 0.2) is 11.5 Å². The van der Waals surface area contributed by atoms with Crippen LogP contribution >= 0.6 is 0 Å². The fraction of sp³-hybridized carbons (Fsp3) is 0.409. The number of nitrogens with one attached hydrogen (secondary N) is 1. The van der Waals surface area contributed by atoms with E-state index in [1.165, 1.54) is 30.7 Å². The zero-order chi connectivity index (χ0) is 21.7. The summed E-state index contributed by atoms with van der Waals surface area (Å²) in [7, 11) is -0.791. The van der Waals surface area contributed by atoms with E-state index in [-0.39, 0.29) is 29.3 Å². The van der Waals surface area contributed by atoms with Gasteiger partial charge >= 0.3 is 0 Å². The third-order valence-electron chi connectivity index (χ3n) is 5.41. The molecule has 1 amide bonds. The summed E-state index contributed by atoms with van der Waals surface area (Å²) in [5.41, 5.74) is 1.01. The lowest BCUT2D eigenvalue weighted by Gasteiger charge is -2.32. The van der Waals surface area contributed by atoms with Crippen molar-refractivity contribution < 1.29 is 22.7 Å². The van der Waals surface area contributed by atoms with Crippen LogP contribution in [0, 0.1) is 5.92 Å². The van der Waals surface area contributed by atoms with Crippen LogP contribution in [0.1, 0.15) is 31.4 Å². The lowest BCUT2D eigenvalue weighted by molar-refractivity contribution is -0.126. The van der Waals surface area contributed by atoms with E-state index >= 15 is 0 Å². The topological polar surface area (TPSA) is 84.9 Å². The number of rotatable bonds is 7. The molecule has 7 nitrogen and oxygen atoms in total. The number of piperidine rings is 1. The summed E-state index contributed by atoms with van der Waals surface area (Å²) in [6, 6.07) is 14.1. The van der Waals surface area contributed by atoms with E-state index in [0.717, 1.165) is 5.56 Å². The van der Waals surface area contributed by atoms with Crippen LogP contribution in [0.4, 0.5) is 0 Å². The van der Waals surface area contributed by atoms with E-state index in [4.69, 9.17) is 9.47 Å². The molecule has 30 heavy (non-hydrogen) atoms. The number of hydrogen-bond acceptors (Lipinski definition) is 5. The summed E-state index contributed by atoms with van der Waals surface area (Å²) in [5.74, 6) is 0.294. The van der Waals surface area contributed by atoms with E-state index in [0.29, 0.717) is 30.9 Å². The molecule has 162 valence electrons. The Morgan fingerprint density at radius 3 is 2.47 bits per heavy atom. The predicted octanol–water partition coefficient (Wildman–Crippen LogP) is 2.98. The number of ether oxygens (including phenoxy) is 2. The fourth-order valence-electron chi connectivity index (χ4n) is 3.66. The van der Waals surface area contributed by atoms with Crippen molar-refractivity contribution in [1.29, 1.82) is 0 Å². The zero-order valence-electron chi connectivity index (χ0n) is 17.5. The molecule has 1 heterocycles. The van der Waals surface area contributed by atoms with Gasteiger partial charge in [-0.15, -0.1) is 0 Å². The molecule has 0 spiro atoms. The van der Waals surface area contributed by atoms with Crippen LogP contribution in [0.2, 0.25) is 0 Å². The molecule has 0 radical (unpaired) electrons. The molecule has 8 heteroatoms. The number of amides is 1. The number of carbonyl (C=O) groups is 1. The number of sulfonamides is 1. The average molecular weight is 433 g/mol. The molecule has 1 aliphatic heterocycles. The summed E-state index contributed by atoms with van der Waals surface area (Å²) in [5, 5.41) is 3.01. The molecule has 1 aliphatic rings. The van der Waals surface area contributed by atoms with Crippen molar-refractivity contribution in [3.63, 3.8) is 0 Å². The maximum atomic E-state index is 13.2. The molecule has 1 N–H and O–H groups in total. The molecular weight excluding hydrogens is 404 g/mol. The maximum Gasteiger partial charge on any atom is 0.243 e. The second-order valence-corrected chi connectivity index (χ2v) is 9.30. The maximum absolute atomic E-state index is 13.2. The Kier molecular flexibility index (Phi) is 6.99. The van der Waals surface area contributed by atoms with Crippen molar-refractivity contribution in [3.8, 4) is 11.5 Å². The van der Waals surface area contributed by atoms with E-state index in [1.807, 2.05) is 37.3 Å². The standard InChI is InChI=1S/C22H28N2O5S/c1-16(17-8-5-4-6-9-17)23-22(25)18-10-7-13-24(15-18)30(26,27)19-11-12-20(28-2)21(14-19)29-3/h4-6,8-9,11-12,14,16,18H,7,10,13,15H2,1-3H3,(H,23,25)/t16-,18+/m1/s1. The predicted molar refractivity (Wildman–Crippen MR) is 114 cm³/mol. The van der Waals surface area contributed by atoms with Crippen molar-refractivity contribution in [2.45, 2.75) is 30.7 Å². The molecule has 1 saturated heterocycles. The Morgan fingerprint density at radius 1 is 1.10 bits per heavy atom. The van der Waals surface area contributed by atoms with Crippen LogP contribution in [0.15, 0.2) is 53.4 Å². The minimum atomic E-state index is -3.75. The fourth-order valence-corrected chi connectivity index (χ4v) is 5.20. The highest BCUT2D eigenvalue weighted by Crippen LogP contribution is 2.32. The summed E-state index contributed by atoms with van der Waals surface area (Å²) < 4.78 is 38.1. The van der Waals surface area contributed by atoms with Gasteiger partial charge in [0, 0.05) is 19.2 Å². The number of nitrogens with zero attached hydrogens (tertiary/aromatic N) is 1. The van der Waals surface area contributed by atoms with Gasteiger partial charge < -0.3 is 14.8 Å². The molecule has 0 aromatic heterocycles. The number of hydrogen-bond donors (Lipinski definition) is 1. The molecular formula is C22H28N2O5S. The number of methoxy groups -OCH3 is 2. The van der Waals surface area contributed by atoms with Crippen LogP contribution in [0.3, 0.4) is 0 Å². The minimum absolute atomic E-state index is 0.124. The van der Waals surface area contributed by atoms with Gasteiger partial charge in [-0.25, -0.2) is 8.42 Å². The first-order valence-electron chi connectivity index (χ1n) is 9.94. The van der Waals surface area contributed by atoms with Gasteiger partial charge in [-0.05, 0) is 37.5 Å². The second kappa shape index (κ2) is 9.49. The van der Waals surface area contributed by atoms with Crippen molar-refractivity contribution in [3.05, 3.63) is 54.1 Å². The molecule has 1 fully saturated rings. The average Bonchev–Trinajstić information content (AvgIpc) is 2.79. The van der Waals surface area contributed by atoms with Gasteiger partial charge in [0.1, 0.15) is 0 Å². The van der Waals surface area contributed by atoms with Crippen LogP contribution in [-0.4, -0.2) is 45.9 Å². The lowest BCUT2D eigenvalue weighted by Crippen LogP contribution is -2.45. The van der Waals surface area contributed by atoms with Gasteiger partial charge in [0.05, 0.1) is 31.1 Å². The minimum Gasteiger partial charge on any atom is -0.493 e. The Bertz CT molecular complexity index is 978. The lowest BCUT2D eigenvalue weighted by atomic mass is 9.98. The molecule has 3 rings (SSSR count). The third-order valence-corrected chi connectivity index (χ3v) is 7.27. The second-order valence-electron chi connectivity index (χ2n) is 7.36. The summed E-state index contributed by atoms with van der Waals surface area (Å²) in [6.07, 6.45) is 1.29. The zero-order valence-corrected chi connectivity index (χ0v) is 18.3. The van der Waals surface area contributed by atoms with Crippen molar-refractivity contribution >= 4 is 15.9 Å². The molecule has 0 aliphatic carbocycles. The highest BCUT2D eigenvalue weighted by Gasteiger charge is 2.34. The molecule has 0 saturated carbocycles. The third kappa shape index (κ3) is 4.76. The van der Waals surface area contributed by atoms with E-state index in [2.05, 4.69) is 5.32 Å². The summed E-state index contributed by atoms with van der Waals surface area (Å²) >= 11 is 0. The SMILES string of the molecule is COc1ccc(S(=O)(=O)N2CCC[C@H](C(=O)N[C@H](C)c3ccccc3)C2)cc1OC. The van der Waals surface area contributed by atoms with Gasteiger partial charge in [-0.3, -0.25) is 4.79 Å². The summed E-state index contributed by atoms with van der Waals surface area (Å²) in [6.45, 7) is 2.47. The Balaban J connectivity index is 1.72. The van der Waals surface area contributed by atoms with E-state index in [9.17, 15) is 13.2 Å². The van der Waals surface area contributed by atoms with E-state index < -0.39 is 10.0 Å². The largest absolute Gasteiger partial charge is 0.493 e. The monoisotopic (exact) mass is 432 g/mol. The molecule has 0 bridgehead atoms. The quantitative estimate of drug-likeness (QED) is 0.727. The van der Waals surface area contributed by atoms with Crippen LogP contribution in [0.25, 0.3) is 0 Å². The van der Waals surface area contributed by atoms with Gasteiger partial charge in [0.2, 0.25) is 15.9 Å². The van der Waals surface area contributed by atoms with E-state index in [1.54, 1.807) is 6.07 Å². The van der Waals surface area contributed by atoms with Crippen LogP contribution in [0.5, 0.6) is 11.5 Å². The molecule has 2 atom stereocenters. The molecule has 0 unspecified atom stereocenters. The van der Waals surface area contributed by atoms with Crippen molar-refractivity contribution in [2.75, 3.05) is 27.3 Å². The molecule has 2 aromatic carbocycles. The van der Waals surface area contributed by atoms with Crippen LogP contribution < -0.4 is 14.8 Å². The van der Waals surface area contributed by atoms with Crippen LogP contribution in [-0.2, 0) is 14.8 Å². The first kappa shape index (κ1) is 22.1. The highest BCUT2D eigenvalue weighted by atomic mass is 32.2. The van der Waals surface area contributed by atoms with Gasteiger partial charge in [0.25, 0.3) is 0 Å². The Hall–Kier alpha value is -2.58. The first-order valence-corrected chi connectivity index (χ1v) is 11.4. The van der Waals surface area contributed by atoms with Crippen molar-refractivity contribution in [2.24, 2.45) is 5.92 Å². The Morgan fingerprint density at radius 2 is 1.80 bits per heavy atom. The van der Waals surface area contributed by atoms with Crippen molar-refractivity contribution in [1.82, 2.24) is 9.62 Å². The highest BCUT2D eigenvalue weighted by molar-refractivity contribution is 7.89. The molecule has 2 aromatic rings. The number of carbonyl (C=O) groups excluding carboxylic acids is 1. The number of benzene rings is 2.